The summed E-state index contributed by atoms with van der Waals surface area (Å²) in [4.78, 5) is 22.7. The molecule has 164 valence electrons. The van der Waals surface area contributed by atoms with E-state index in [4.69, 9.17) is 16.6 Å². The van der Waals surface area contributed by atoms with E-state index in [0.29, 0.717) is 22.3 Å². The lowest BCUT2D eigenvalue weighted by Gasteiger charge is -2.26. The third-order valence-electron chi connectivity index (χ3n) is 5.22. The largest absolute Gasteiger partial charge is 0.329 e. The third-order valence-corrected chi connectivity index (χ3v) is 6.43. The number of carbonyl (C=O) groups is 1. The molecule has 0 aliphatic carbocycles. The fourth-order valence-electron chi connectivity index (χ4n) is 3.67. The molecule has 0 fully saturated rings. The molecule has 8 heteroatoms. The molecule has 1 aromatic heterocycles. The third kappa shape index (κ3) is 4.60. The first-order valence-corrected chi connectivity index (χ1v) is 11.6. The molecular formula is C25H20ClN5OS. The molecule has 2 heterocycles. The maximum Gasteiger partial charge on any atom is 0.255 e. The van der Waals surface area contributed by atoms with Crippen LogP contribution in [0.25, 0.3) is 10.2 Å². The quantitative estimate of drug-likeness (QED) is 0.341. The molecule has 4 aromatic rings. The predicted octanol–water partition coefficient (Wildman–Crippen LogP) is 5.97. The molecule has 6 nitrogen and oxygen atoms in total. The number of rotatable bonds is 4. The number of anilines is 2. The topological polar surface area (TPSA) is 78.4 Å². The predicted molar refractivity (Wildman–Crippen MR) is 136 cm³/mol. The molecule has 0 saturated carbocycles. The highest BCUT2D eigenvalue weighted by Gasteiger charge is 2.29. The lowest BCUT2D eigenvalue weighted by atomic mass is 9.95. The van der Waals surface area contributed by atoms with Crippen LogP contribution in [0.5, 0.6) is 0 Å². The van der Waals surface area contributed by atoms with Gasteiger partial charge in [-0.25, -0.2) is 9.98 Å². The van der Waals surface area contributed by atoms with Gasteiger partial charge < -0.3 is 16.0 Å². The number of guanidine groups is 1. The molecule has 0 saturated heterocycles. The second kappa shape index (κ2) is 9.05. The molecule has 5 rings (SSSR count). The Balaban J connectivity index is 1.48. The Kier molecular flexibility index (Phi) is 5.81. The number of para-hydroxylation sites is 2. The van der Waals surface area contributed by atoms with Crippen LogP contribution in [-0.2, 0) is 4.79 Å². The maximum atomic E-state index is 13.3. The van der Waals surface area contributed by atoms with E-state index < -0.39 is 6.04 Å². The van der Waals surface area contributed by atoms with Crippen molar-refractivity contribution >= 4 is 55.8 Å². The Bertz CT molecular complexity index is 1350. The number of nitrogens with zero attached hydrogens (tertiary/aromatic N) is 2. The number of nitrogens with one attached hydrogen (secondary N) is 3. The maximum absolute atomic E-state index is 13.3. The highest BCUT2D eigenvalue weighted by atomic mass is 35.5. The van der Waals surface area contributed by atoms with Crippen molar-refractivity contribution in [3.8, 4) is 0 Å². The molecule has 1 aliphatic heterocycles. The number of hydrogen-bond acceptors (Lipinski definition) is 6. The molecule has 0 spiro atoms. The van der Waals surface area contributed by atoms with E-state index >= 15 is 0 Å². The van der Waals surface area contributed by atoms with Gasteiger partial charge in [-0.05, 0) is 48.9 Å². The van der Waals surface area contributed by atoms with Crippen LogP contribution in [0.4, 0.5) is 10.8 Å². The summed E-state index contributed by atoms with van der Waals surface area (Å²) in [6.07, 6.45) is 0. The second-order valence-corrected chi connectivity index (χ2v) is 8.99. The van der Waals surface area contributed by atoms with Crippen molar-refractivity contribution in [2.24, 2.45) is 4.99 Å². The molecule has 0 radical (unpaired) electrons. The minimum atomic E-state index is -0.510. The minimum absolute atomic E-state index is 0.214. The standard InChI is InChI=1S/C25H20ClN5OS/c1-15-21(23(32)28-18-7-3-2-4-8-18)22(16-11-13-17(26)14-12-16)30-24(27-15)31-25-29-19-9-5-6-10-20(19)33-25/h2-14,22H,1H3,(H,28,32)(H2,27,29,30,31)/t22-/m1/s1. The normalized spacial score (nSPS) is 15.7. The van der Waals surface area contributed by atoms with Gasteiger partial charge in [-0.15, -0.1) is 0 Å². The lowest BCUT2D eigenvalue weighted by Crippen LogP contribution is -2.37. The number of benzene rings is 3. The Morgan fingerprint density at radius 3 is 2.48 bits per heavy atom. The zero-order valence-corrected chi connectivity index (χ0v) is 19.2. The number of fused-ring (bicyclic) bond motifs is 1. The van der Waals surface area contributed by atoms with Crippen LogP contribution in [0.2, 0.25) is 5.02 Å². The molecule has 1 aliphatic rings. The van der Waals surface area contributed by atoms with Gasteiger partial charge in [-0.1, -0.05) is 65.4 Å². The number of halogens is 1. The average Bonchev–Trinajstić information content (AvgIpc) is 3.22. The Labute approximate surface area is 200 Å². The Morgan fingerprint density at radius 2 is 1.73 bits per heavy atom. The Morgan fingerprint density at radius 1 is 1.00 bits per heavy atom. The van der Waals surface area contributed by atoms with Gasteiger partial charge in [0, 0.05) is 16.4 Å². The van der Waals surface area contributed by atoms with Gasteiger partial charge in [0.25, 0.3) is 5.91 Å². The van der Waals surface area contributed by atoms with E-state index in [-0.39, 0.29) is 5.91 Å². The summed E-state index contributed by atoms with van der Waals surface area (Å²) in [6, 6.07) is 24.2. The van der Waals surface area contributed by atoms with Gasteiger partial charge >= 0.3 is 0 Å². The summed E-state index contributed by atoms with van der Waals surface area (Å²) >= 11 is 7.65. The zero-order chi connectivity index (χ0) is 22.8. The van der Waals surface area contributed by atoms with E-state index in [1.807, 2.05) is 73.7 Å². The molecule has 0 bridgehead atoms. The highest BCUT2D eigenvalue weighted by Crippen LogP contribution is 2.33. The summed E-state index contributed by atoms with van der Waals surface area (Å²) < 4.78 is 1.08. The van der Waals surface area contributed by atoms with Crippen LogP contribution in [0, 0.1) is 0 Å². The minimum Gasteiger partial charge on any atom is -0.329 e. The van der Waals surface area contributed by atoms with Crippen LogP contribution < -0.4 is 16.0 Å². The second-order valence-electron chi connectivity index (χ2n) is 7.53. The van der Waals surface area contributed by atoms with Crippen LogP contribution in [-0.4, -0.2) is 16.9 Å². The molecular weight excluding hydrogens is 454 g/mol. The summed E-state index contributed by atoms with van der Waals surface area (Å²) in [5, 5.41) is 10.8. The summed E-state index contributed by atoms with van der Waals surface area (Å²) in [5.41, 5.74) is 3.76. The lowest BCUT2D eigenvalue weighted by molar-refractivity contribution is -0.113. The monoisotopic (exact) mass is 473 g/mol. The van der Waals surface area contributed by atoms with Gasteiger partial charge in [0.1, 0.15) is 6.04 Å². The SMILES string of the molecule is CC1=C(C(=O)Nc2ccccc2)[C@@H](c2ccc(Cl)cc2)N=C(Nc2nc3ccccc3s2)N1. The fraction of sp³-hybridized carbons (Fsp3) is 0.0800. The number of carbonyl (C=O) groups excluding carboxylic acids is 1. The van der Waals surface area contributed by atoms with E-state index in [1.165, 1.54) is 0 Å². The van der Waals surface area contributed by atoms with Crippen LogP contribution in [0.15, 0.2) is 95.1 Å². The summed E-state index contributed by atoms with van der Waals surface area (Å²) in [7, 11) is 0. The van der Waals surface area contributed by atoms with Crippen molar-refractivity contribution in [1.29, 1.82) is 0 Å². The average molecular weight is 474 g/mol. The number of amides is 1. The number of aliphatic imine (C=N–C) groups is 1. The molecule has 3 N–H and O–H groups in total. The number of thiazole rings is 1. The van der Waals surface area contributed by atoms with Gasteiger partial charge in [0.15, 0.2) is 5.13 Å². The van der Waals surface area contributed by atoms with E-state index in [1.54, 1.807) is 23.5 Å². The summed E-state index contributed by atoms with van der Waals surface area (Å²) in [6.45, 7) is 1.87. The van der Waals surface area contributed by atoms with Crippen molar-refractivity contribution in [2.45, 2.75) is 13.0 Å². The van der Waals surface area contributed by atoms with Gasteiger partial charge in [-0.2, -0.15) is 0 Å². The number of hydrogen-bond donors (Lipinski definition) is 3. The van der Waals surface area contributed by atoms with E-state index in [0.717, 1.165) is 26.6 Å². The molecule has 0 unspecified atom stereocenters. The van der Waals surface area contributed by atoms with Gasteiger partial charge in [0.05, 0.1) is 15.8 Å². The number of aromatic nitrogens is 1. The van der Waals surface area contributed by atoms with Gasteiger partial charge in [0.2, 0.25) is 5.96 Å². The van der Waals surface area contributed by atoms with Crippen molar-refractivity contribution in [2.75, 3.05) is 10.6 Å². The van der Waals surface area contributed by atoms with Crippen LogP contribution in [0.1, 0.15) is 18.5 Å². The van der Waals surface area contributed by atoms with Crippen molar-refractivity contribution in [3.63, 3.8) is 0 Å². The fourth-order valence-corrected chi connectivity index (χ4v) is 4.66. The van der Waals surface area contributed by atoms with Crippen LogP contribution >= 0.6 is 22.9 Å². The van der Waals surface area contributed by atoms with Crippen molar-refractivity contribution < 1.29 is 4.79 Å². The summed E-state index contributed by atoms with van der Waals surface area (Å²) in [5.74, 6) is 0.316. The van der Waals surface area contributed by atoms with Crippen molar-refractivity contribution in [1.82, 2.24) is 10.3 Å². The number of allylic oxidation sites excluding steroid dienone is 1. The van der Waals surface area contributed by atoms with Gasteiger partial charge in [-0.3, -0.25) is 4.79 Å². The van der Waals surface area contributed by atoms with Crippen LogP contribution in [0.3, 0.4) is 0 Å². The zero-order valence-electron chi connectivity index (χ0n) is 17.7. The first-order valence-electron chi connectivity index (χ1n) is 10.4. The molecule has 1 atom stereocenters. The van der Waals surface area contributed by atoms with E-state index in [9.17, 15) is 4.79 Å². The molecule has 3 aromatic carbocycles. The van der Waals surface area contributed by atoms with E-state index in [2.05, 4.69) is 20.9 Å². The first-order chi connectivity index (χ1) is 16.1. The smallest absolute Gasteiger partial charge is 0.255 e. The van der Waals surface area contributed by atoms with Crippen molar-refractivity contribution in [3.05, 3.63) is 101 Å². The molecule has 1 amide bonds. The first kappa shape index (κ1) is 21.2. The Hall–Kier alpha value is -3.68. The highest BCUT2D eigenvalue weighted by molar-refractivity contribution is 7.22. The molecule has 33 heavy (non-hydrogen) atoms.